The van der Waals surface area contributed by atoms with Crippen LogP contribution in [0.1, 0.15) is 22.3 Å². The lowest BCUT2D eigenvalue weighted by molar-refractivity contribution is -0.384. The Kier molecular flexibility index (Phi) is 8.54. The summed E-state index contributed by atoms with van der Waals surface area (Å²) < 4.78 is 7.22. The highest BCUT2D eigenvalue weighted by Gasteiger charge is 2.25. The summed E-state index contributed by atoms with van der Waals surface area (Å²) in [5.74, 6) is 1.98. The van der Waals surface area contributed by atoms with Gasteiger partial charge in [0.1, 0.15) is 5.75 Å². The van der Waals surface area contributed by atoms with E-state index in [2.05, 4.69) is 46.4 Å². The van der Waals surface area contributed by atoms with Gasteiger partial charge in [-0.1, -0.05) is 54.1 Å². The van der Waals surface area contributed by atoms with Crippen LogP contribution in [0.15, 0.2) is 79.1 Å². The zero-order valence-corrected chi connectivity index (χ0v) is 25.2. The minimum Gasteiger partial charge on any atom is -0.497 e. The molecule has 0 radical (unpaired) electrons. The molecule has 1 amide bonds. The maximum absolute atomic E-state index is 13.1. The van der Waals surface area contributed by atoms with Crippen molar-refractivity contribution in [3.05, 3.63) is 111 Å². The number of nitrogens with zero attached hydrogens (tertiary/aromatic N) is 7. The van der Waals surface area contributed by atoms with E-state index < -0.39 is 4.92 Å². The second-order valence-electron chi connectivity index (χ2n) is 11.1. The molecule has 1 fully saturated rings. The van der Waals surface area contributed by atoms with Gasteiger partial charge in [0.2, 0.25) is 11.9 Å². The average Bonchev–Trinajstić information content (AvgIpc) is 3.47. The first-order valence-electron chi connectivity index (χ1n) is 14.8. The zero-order chi connectivity index (χ0) is 31.3. The van der Waals surface area contributed by atoms with Gasteiger partial charge >= 0.3 is 0 Å². The number of carbonyl (C=O) groups excluding carboxylic acids is 1. The van der Waals surface area contributed by atoms with Crippen molar-refractivity contribution in [2.24, 2.45) is 0 Å². The zero-order valence-electron chi connectivity index (χ0n) is 25.2. The van der Waals surface area contributed by atoms with Gasteiger partial charge in [0, 0.05) is 44.9 Å². The largest absolute Gasteiger partial charge is 0.497 e. The summed E-state index contributed by atoms with van der Waals surface area (Å²) in [6.07, 6.45) is 2.03. The highest BCUT2D eigenvalue weighted by Crippen LogP contribution is 2.25. The van der Waals surface area contributed by atoms with Gasteiger partial charge in [0.05, 0.1) is 31.3 Å². The van der Waals surface area contributed by atoms with Crippen LogP contribution in [0.25, 0.3) is 11.2 Å². The molecule has 3 aromatic carbocycles. The second-order valence-corrected chi connectivity index (χ2v) is 11.1. The van der Waals surface area contributed by atoms with Crippen molar-refractivity contribution in [1.82, 2.24) is 24.4 Å². The molecule has 230 valence electrons. The van der Waals surface area contributed by atoms with Gasteiger partial charge in [0.15, 0.2) is 17.0 Å². The molecular formula is C33H34N8O4. The molecule has 0 saturated carbocycles. The summed E-state index contributed by atoms with van der Waals surface area (Å²) in [5.41, 5.74) is 5.45. The Labute approximate surface area is 260 Å². The van der Waals surface area contributed by atoms with E-state index >= 15 is 0 Å². The third-order valence-corrected chi connectivity index (χ3v) is 7.94. The van der Waals surface area contributed by atoms with E-state index in [4.69, 9.17) is 14.7 Å². The highest BCUT2D eigenvalue weighted by atomic mass is 16.6. The third kappa shape index (κ3) is 6.85. The van der Waals surface area contributed by atoms with Crippen LogP contribution in [0.2, 0.25) is 0 Å². The Bertz CT molecular complexity index is 1810. The molecule has 5 aromatic rings. The maximum Gasteiger partial charge on any atom is 0.269 e. The Hall–Kier alpha value is -5.52. The Morgan fingerprint density at radius 2 is 1.69 bits per heavy atom. The summed E-state index contributed by atoms with van der Waals surface area (Å²) in [6.45, 7) is 5.34. The van der Waals surface area contributed by atoms with Gasteiger partial charge in [-0.05, 0) is 35.7 Å². The monoisotopic (exact) mass is 606 g/mol. The van der Waals surface area contributed by atoms with E-state index in [0.29, 0.717) is 68.6 Å². The molecule has 1 N–H and O–H groups in total. The van der Waals surface area contributed by atoms with Crippen LogP contribution in [-0.4, -0.2) is 68.5 Å². The number of imidazole rings is 1. The number of carbonyl (C=O) groups is 1. The van der Waals surface area contributed by atoms with E-state index in [1.807, 2.05) is 33.7 Å². The quantitative estimate of drug-likeness (QED) is 0.179. The number of anilines is 2. The summed E-state index contributed by atoms with van der Waals surface area (Å²) in [7, 11) is 1.62. The smallest absolute Gasteiger partial charge is 0.269 e. The molecule has 3 heterocycles. The van der Waals surface area contributed by atoms with Crippen LogP contribution in [0.5, 0.6) is 5.75 Å². The van der Waals surface area contributed by atoms with Crippen molar-refractivity contribution in [2.75, 3.05) is 43.5 Å². The van der Waals surface area contributed by atoms with Gasteiger partial charge in [-0.2, -0.15) is 9.97 Å². The number of piperazine rings is 1. The van der Waals surface area contributed by atoms with Crippen molar-refractivity contribution in [2.45, 2.75) is 26.4 Å². The van der Waals surface area contributed by atoms with E-state index in [1.165, 1.54) is 17.7 Å². The standard InChI is InChI=1S/C33H34N8O4/c1-23-6-8-24(9-7-23)20-34-31-30-32(40(22-35-30)21-25-10-12-27(13-11-25)41(43)44)37-33(36-31)39-16-14-38(15-17-39)29(42)19-26-4-3-5-28(18-26)45-2/h3-13,18,22H,14-17,19-21H2,1-2H3,(H,34,36,37). The molecule has 1 saturated heterocycles. The summed E-state index contributed by atoms with van der Waals surface area (Å²) in [5, 5.41) is 14.6. The number of nitro groups is 1. The number of nitro benzene ring substituents is 1. The van der Waals surface area contributed by atoms with Crippen LogP contribution in [0, 0.1) is 17.0 Å². The molecule has 0 spiro atoms. The van der Waals surface area contributed by atoms with Crippen LogP contribution >= 0.6 is 0 Å². The van der Waals surface area contributed by atoms with Crippen LogP contribution in [-0.2, 0) is 24.3 Å². The normalized spacial score (nSPS) is 13.2. The van der Waals surface area contributed by atoms with E-state index in [-0.39, 0.29) is 11.6 Å². The Morgan fingerprint density at radius 3 is 2.40 bits per heavy atom. The number of ether oxygens (including phenoxy) is 1. The molecule has 1 aliphatic heterocycles. The van der Waals surface area contributed by atoms with E-state index in [1.54, 1.807) is 25.6 Å². The predicted molar refractivity (Wildman–Crippen MR) is 172 cm³/mol. The van der Waals surface area contributed by atoms with E-state index in [9.17, 15) is 14.9 Å². The van der Waals surface area contributed by atoms with Gasteiger partial charge in [-0.3, -0.25) is 14.9 Å². The average molecular weight is 607 g/mol. The Morgan fingerprint density at radius 1 is 0.956 bits per heavy atom. The van der Waals surface area contributed by atoms with Gasteiger partial charge in [0.25, 0.3) is 5.69 Å². The van der Waals surface area contributed by atoms with Gasteiger partial charge in [-0.15, -0.1) is 0 Å². The first-order chi connectivity index (χ1) is 21.9. The first-order valence-corrected chi connectivity index (χ1v) is 14.8. The predicted octanol–water partition coefficient (Wildman–Crippen LogP) is 4.60. The molecular weight excluding hydrogens is 572 g/mol. The lowest BCUT2D eigenvalue weighted by Crippen LogP contribution is -2.49. The number of non-ortho nitro benzene ring substituents is 1. The van der Waals surface area contributed by atoms with Crippen molar-refractivity contribution in [3.63, 3.8) is 0 Å². The van der Waals surface area contributed by atoms with Crippen LogP contribution in [0.4, 0.5) is 17.5 Å². The van der Waals surface area contributed by atoms with Crippen molar-refractivity contribution < 1.29 is 14.5 Å². The minimum atomic E-state index is -0.409. The maximum atomic E-state index is 13.1. The van der Waals surface area contributed by atoms with Crippen LogP contribution in [0.3, 0.4) is 0 Å². The van der Waals surface area contributed by atoms with Gasteiger partial charge in [-0.25, -0.2) is 4.98 Å². The van der Waals surface area contributed by atoms with Gasteiger partial charge < -0.3 is 24.4 Å². The highest BCUT2D eigenvalue weighted by molar-refractivity contribution is 5.84. The molecule has 0 aliphatic carbocycles. The summed E-state index contributed by atoms with van der Waals surface area (Å²) >= 11 is 0. The molecule has 12 nitrogen and oxygen atoms in total. The molecule has 0 atom stereocenters. The molecule has 2 aromatic heterocycles. The lowest BCUT2D eigenvalue weighted by atomic mass is 10.1. The number of methoxy groups -OCH3 is 1. The molecule has 6 rings (SSSR count). The number of hydrogen-bond donors (Lipinski definition) is 1. The SMILES string of the molecule is COc1cccc(CC(=O)N2CCN(c3nc(NCc4ccc(C)cc4)c4ncn(Cc5ccc([N+](=O)[O-])cc5)c4n3)CC2)c1. The second kappa shape index (κ2) is 13.0. The summed E-state index contributed by atoms with van der Waals surface area (Å²) in [4.78, 5) is 42.3. The lowest BCUT2D eigenvalue weighted by Gasteiger charge is -2.35. The number of nitrogens with one attached hydrogen (secondary N) is 1. The van der Waals surface area contributed by atoms with E-state index in [0.717, 1.165) is 22.4 Å². The number of benzene rings is 3. The minimum absolute atomic E-state index is 0.0440. The number of rotatable bonds is 10. The summed E-state index contributed by atoms with van der Waals surface area (Å²) in [6, 6.07) is 22.4. The van der Waals surface area contributed by atoms with Crippen molar-refractivity contribution >= 4 is 34.5 Å². The first kappa shape index (κ1) is 29.5. The third-order valence-electron chi connectivity index (χ3n) is 7.94. The molecule has 12 heteroatoms. The molecule has 0 unspecified atom stereocenters. The molecule has 45 heavy (non-hydrogen) atoms. The fraction of sp³-hybridized carbons (Fsp3) is 0.273. The topological polar surface area (TPSA) is 132 Å². The van der Waals surface area contributed by atoms with Crippen molar-refractivity contribution in [1.29, 1.82) is 0 Å². The number of fused-ring (bicyclic) bond motifs is 1. The fourth-order valence-electron chi connectivity index (χ4n) is 5.35. The number of hydrogen-bond acceptors (Lipinski definition) is 9. The van der Waals surface area contributed by atoms with Crippen molar-refractivity contribution in [3.8, 4) is 5.75 Å². The number of aromatic nitrogens is 4. The number of amides is 1. The fourth-order valence-corrected chi connectivity index (χ4v) is 5.35. The van der Waals surface area contributed by atoms with Crippen LogP contribution < -0.4 is 15.0 Å². The molecule has 1 aliphatic rings. The molecule has 0 bridgehead atoms. The Balaban J connectivity index is 1.22. The number of aryl methyl sites for hydroxylation is 1.